The molecule has 0 heterocycles. The molecule has 0 unspecified atom stereocenters. The molecule has 2 amide bonds. The van der Waals surface area contributed by atoms with Crippen LogP contribution in [0.1, 0.15) is 50.8 Å². The minimum Gasteiger partial charge on any atom is -0.445 e. The zero-order chi connectivity index (χ0) is 34.5. The molecule has 0 aliphatic rings. The van der Waals surface area contributed by atoms with E-state index in [0.29, 0.717) is 17.5 Å². The lowest BCUT2D eigenvalue weighted by molar-refractivity contribution is -0.153. The first-order valence-electron chi connectivity index (χ1n) is 15.8. The van der Waals surface area contributed by atoms with E-state index in [9.17, 15) is 24.1 Å². The molecule has 3 aromatic rings. The molecule has 47 heavy (non-hydrogen) atoms. The van der Waals surface area contributed by atoms with E-state index < -0.39 is 49.0 Å². The van der Waals surface area contributed by atoms with E-state index in [4.69, 9.17) is 19.5 Å². The Morgan fingerprint density at radius 2 is 1.40 bits per heavy atom. The Morgan fingerprint density at radius 3 is 1.94 bits per heavy atom. The van der Waals surface area contributed by atoms with Crippen molar-refractivity contribution in [2.45, 2.75) is 71.0 Å². The van der Waals surface area contributed by atoms with Crippen LogP contribution in [-0.4, -0.2) is 53.8 Å². The predicted octanol–water partition coefficient (Wildman–Crippen LogP) is 5.60. The maximum atomic E-state index is 14.3. The van der Waals surface area contributed by atoms with Crippen LogP contribution in [0.4, 0.5) is 10.5 Å². The van der Waals surface area contributed by atoms with Gasteiger partial charge in [-0.1, -0.05) is 93.1 Å². The number of amides is 2. The van der Waals surface area contributed by atoms with Crippen molar-refractivity contribution >= 4 is 31.1 Å². The summed E-state index contributed by atoms with van der Waals surface area (Å²) in [5.74, 6) is -2.50. The molecule has 11 nitrogen and oxygen atoms in total. The largest absolute Gasteiger partial charge is 0.445 e. The fourth-order valence-corrected chi connectivity index (χ4v) is 6.68. The number of ketones is 1. The topological polar surface area (TPSA) is 166 Å². The number of aliphatic hydroxyl groups is 1. The lowest BCUT2D eigenvalue weighted by Gasteiger charge is -2.36. The van der Waals surface area contributed by atoms with Gasteiger partial charge in [0.15, 0.2) is 5.78 Å². The summed E-state index contributed by atoms with van der Waals surface area (Å²) in [6.07, 6.45) is -0.421. The lowest BCUT2D eigenvalue weighted by atomic mass is 9.78. The number of anilines is 1. The molecule has 5 N–H and O–H groups in total. The Kier molecular flexibility index (Phi) is 14.3. The van der Waals surface area contributed by atoms with Gasteiger partial charge in [0, 0.05) is 5.69 Å². The van der Waals surface area contributed by atoms with Crippen LogP contribution in [0.25, 0.3) is 0 Å². The third kappa shape index (κ3) is 10.6. The van der Waals surface area contributed by atoms with Crippen LogP contribution in [0.5, 0.6) is 0 Å². The second-order valence-corrected chi connectivity index (χ2v) is 13.3. The van der Waals surface area contributed by atoms with Gasteiger partial charge in [-0.25, -0.2) is 4.79 Å². The number of ether oxygens (including phenoxy) is 1. The quantitative estimate of drug-likeness (QED) is 0.0997. The second kappa shape index (κ2) is 17.9. The fraction of sp³-hybridized carbons (Fsp3) is 0.400. The molecule has 0 fully saturated rings. The number of nitrogens with one attached hydrogen (secondary N) is 2. The average molecular weight is 668 g/mol. The van der Waals surface area contributed by atoms with Crippen molar-refractivity contribution in [3.8, 4) is 0 Å². The third-order valence-corrected chi connectivity index (χ3v) is 9.83. The van der Waals surface area contributed by atoms with E-state index in [1.165, 1.54) is 0 Å². The number of rotatable bonds is 18. The summed E-state index contributed by atoms with van der Waals surface area (Å²) in [5.41, 5.74) is 6.09. The third-order valence-electron chi connectivity index (χ3n) is 7.78. The van der Waals surface area contributed by atoms with Crippen LogP contribution in [-0.2, 0) is 47.1 Å². The summed E-state index contributed by atoms with van der Waals surface area (Å²) in [5, 5.41) is 17.2. The van der Waals surface area contributed by atoms with Gasteiger partial charge in [-0.15, -0.1) is 0 Å². The molecule has 0 radical (unpaired) electrons. The van der Waals surface area contributed by atoms with E-state index >= 15 is 0 Å². The van der Waals surface area contributed by atoms with Gasteiger partial charge in [0.2, 0.25) is 5.60 Å². The Morgan fingerprint density at radius 1 is 0.851 bits per heavy atom. The highest BCUT2D eigenvalue weighted by Crippen LogP contribution is 2.51. The first kappa shape index (κ1) is 37.6. The van der Waals surface area contributed by atoms with Crippen molar-refractivity contribution in [2.75, 3.05) is 18.5 Å². The number of carbonyl (C=O) groups is 3. The van der Waals surface area contributed by atoms with Crippen LogP contribution >= 0.6 is 7.60 Å². The highest BCUT2D eigenvalue weighted by Gasteiger charge is 2.52. The Hall–Kier alpha value is -3.86. The van der Waals surface area contributed by atoms with Crippen molar-refractivity contribution in [1.29, 1.82) is 0 Å². The maximum Gasteiger partial charge on any atom is 0.408 e. The molecule has 0 bridgehead atoms. The van der Waals surface area contributed by atoms with Gasteiger partial charge in [0.25, 0.3) is 5.91 Å². The van der Waals surface area contributed by atoms with E-state index in [1.807, 2.05) is 31.2 Å². The zero-order valence-electron chi connectivity index (χ0n) is 27.4. The van der Waals surface area contributed by atoms with Crippen LogP contribution in [0, 0.1) is 5.92 Å². The minimum absolute atomic E-state index is 0.00867. The van der Waals surface area contributed by atoms with Crippen molar-refractivity contribution in [2.24, 2.45) is 11.7 Å². The van der Waals surface area contributed by atoms with Crippen LogP contribution < -0.4 is 16.4 Å². The summed E-state index contributed by atoms with van der Waals surface area (Å²) in [7, 11) is -3.36. The molecule has 3 aromatic carbocycles. The van der Waals surface area contributed by atoms with Gasteiger partial charge in [0.1, 0.15) is 6.61 Å². The molecule has 0 spiro atoms. The van der Waals surface area contributed by atoms with E-state index in [-0.39, 0.29) is 38.1 Å². The molecule has 0 aromatic heterocycles. The number of benzene rings is 3. The number of carbonyl (C=O) groups excluding carboxylic acids is 3. The lowest BCUT2D eigenvalue weighted by Crippen LogP contribution is -2.67. The van der Waals surface area contributed by atoms with Gasteiger partial charge < -0.3 is 35.3 Å². The van der Waals surface area contributed by atoms with Crippen LogP contribution in [0.15, 0.2) is 84.9 Å². The highest BCUT2D eigenvalue weighted by atomic mass is 31.2. The van der Waals surface area contributed by atoms with Gasteiger partial charge >= 0.3 is 13.7 Å². The fourth-order valence-electron chi connectivity index (χ4n) is 4.97. The predicted molar refractivity (Wildman–Crippen MR) is 181 cm³/mol. The Labute approximate surface area is 276 Å². The van der Waals surface area contributed by atoms with Crippen molar-refractivity contribution in [3.05, 3.63) is 102 Å². The molecular weight excluding hydrogens is 621 g/mol. The number of nitrogens with two attached hydrogens (primary N) is 1. The van der Waals surface area contributed by atoms with E-state index in [2.05, 4.69) is 10.6 Å². The molecule has 254 valence electrons. The van der Waals surface area contributed by atoms with Crippen molar-refractivity contribution in [1.82, 2.24) is 5.32 Å². The van der Waals surface area contributed by atoms with E-state index in [0.717, 1.165) is 5.56 Å². The summed E-state index contributed by atoms with van der Waals surface area (Å²) in [6.45, 7) is 7.41. The monoisotopic (exact) mass is 667 g/mol. The molecular formula is C35H46N3O8P. The first-order chi connectivity index (χ1) is 22.4. The number of alkyl carbamates (subject to hydrolysis) is 1. The standard InChI is InChI=1S/C35H46N3O8P/c1-5-25(4)31(38-34(41)44-23-27-16-12-9-13-17-27)32(39)35(42,30(36)22-26-14-10-8-11-15-26)33(40)37-29-20-18-28(19-21-29)24-47(43,45-6-2)46-7-3/h8-21,25,30-31,42H,5-7,22-24,36H2,1-4H3,(H,37,40)(H,38,41)/t25-,30-,31-,35+/m0/s1. The van der Waals surface area contributed by atoms with Gasteiger partial charge in [0.05, 0.1) is 31.5 Å². The van der Waals surface area contributed by atoms with Gasteiger partial charge in [-0.3, -0.25) is 14.2 Å². The normalized spacial score (nSPS) is 14.7. The van der Waals surface area contributed by atoms with Crippen LogP contribution in [0.3, 0.4) is 0 Å². The van der Waals surface area contributed by atoms with Crippen molar-refractivity contribution < 1.29 is 37.8 Å². The molecule has 0 aliphatic carbocycles. The van der Waals surface area contributed by atoms with E-state index in [1.54, 1.807) is 81.4 Å². The SMILES string of the molecule is CCOP(=O)(Cc1ccc(NC(=O)[C@](O)(C(=O)[C@@H](NC(=O)OCc2ccccc2)[C@@H](C)CC)[C@@H](N)Cc2ccccc2)cc1)OCC. The van der Waals surface area contributed by atoms with Crippen LogP contribution in [0.2, 0.25) is 0 Å². The Balaban J connectivity index is 1.88. The summed E-state index contributed by atoms with van der Waals surface area (Å²) < 4.78 is 29.1. The maximum absolute atomic E-state index is 14.3. The number of hydrogen-bond donors (Lipinski definition) is 4. The number of Topliss-reactive ketones (excluding diaryl/α,β-unsaturated/α-hetero) is 1. The minimum atomic E-state index is -3.36. The van der Waals surface area contributed by atoms with Gasteiger partial charge in [-0.05, 0) is 55.0 Å². The summed E-state index contributed by atoms with van der Waals surface area (Å²) in [4.78, 5) is 41.0. The molecule has 0 saturated carbocycles. The molecule has 0 aliphatic heterocycles. The first-order valence-corrected chi connectivity index (χ1v) is 17.5. The second-order valence-electron chi connectivity index (χ2n) is 11.3. The molecule has 0 saturated heterocycles. The average Bonchev–Trinajstić information content (AvgIpc) is 3.07. The van der Waals surface area contributed by atoms with Crippen molar-refractivity contribution in [3.63, 3.8) is 0 Å². The van der Waals surface area contributed by atoms with Gasteiger partial charge in [-0.2, -0.15) is 0 Å². The highest BCUT2D eigenvalue weighted by molar-refractivity contribution is 7.53. The Bertz CT molecular complexity index is 1480. The zero-order valence-corrected chi connectivity index (χ0v) is 28.3. The summed E-state index contributed by atoms with van der Waals surface area (Å²) in [6, 6.07) is 21.7. The number of hydrogen-bond acceptors (Lipinski definition) is 9. The summed E-state index contributed by atoms with van der Waals surface area (Å²) >= 11 is 0. The molecule has 4 atom stereocenters. The smallest absolute Gasteiger partial charge is 0.408 e. The molecule has 3 rings (SSSR count). The molecule has 12 heteroatoms.